The number of ether oxygens (including phenoxy) is 1. The number of imidazole rings is 1. The Balaban J connectivity index is 1.92. The molecule has 0 amide bonds. The fourth-order valence-corrected chi connectivity index (χ4v) is 3.64. The van der Waals surface area contributed by atoms with E-state index >= 15 is 0 Å². The van der Waals surface area contributed by atoms with Crippen molar-refractivity contribution in [2.24, 2.45) is 14.1 Å². The molecule has 0 saturated carbocycles. The van der Waals surface area contributed by atoms with Crippen molar-refractivity contribution in [2.45, 2.75) is 12.9 Å². The van der Waals surface area contributed by atoms with Crippen LogP contribution in [0.2, 0.25) is 5.02 Å². The predicted molar refractivity (Wildman–Crippen MR) is 117 cm³/mol. The number of hydrogen-bond donors (Lipinski definition) is 0. The SMILES string of the molecule is Cn1c(=O)c2c(nc(C(=O)c3cccc(OC(F)(F)F)c3)n2Cc2ccc(Cl)cc2)n(C)c1=O. The number of nitrogens with zero attached hydrogens (tertiary/aromatic N) is 4. The second kappa shape index (κ2) is 8.49. The summed E-state index contributed by atoms with van der Waals surface area (Å²) in [7, 11) is 2.69. The maximum atomic E-state index is 13.4. The molecular formula is C22H16ClF3N4O4. The number of rotatable bonds is 5. The van der Waals surface area contributed by atoms with Gasteiger partial charge in [-0.25, -0.2) is 9.78 Å². The molecule has 2 heterocycles. The first kappa shape index (κ1) is 23.3. The van der Waals surface area contributed by atoms with E-state index in [2.05, 4.69) is 9.72 Å². The maximum absolute atomic E-state index is 13.4. The van der Waals surface area contributed by atoms with Crippen molar-refractivity contribution in [3.63, 3.8) is 0 Å². The van der Waals surface area contributed by atoms with E-state index in [1.54, 1.807) is 24.3 Å². The van der Waals surface area contributed by atoms with E-state index in [1.807, 2.05) is 0 Å². The number of benzene rings is 2. The van der Waals surface area contributed by atoms with Crippen LogP contribution >= 0.6 is 11.6 Å². The smallest absolute Gasteiger partial charge is 0.406 e. The number of fused-ring (bicyclic) bond motifs is 1. The van der Waals surface area contributed by atoms with Crippen LogP contribution in [0.4, 0.5) is 13.2 Å². The number of alkyl halides is 3. The summed E-state index contributed by atoms with van der Waals surface area (Å²) in [6, 6.07) is 11.1. The second-order valence-electron chi connectivity index (χ2n) is 7.43. The monoisotopic (exact) mass is 492 g/mol. The number of halogens is 4. The number of ketones is 1. The van der Waals surface area contributed by atoms with Gasteiger partial charge in [0, 0.05) is 24.7 Å². The lowest BCUT2D eigenvalue weighted by molar-refractivity contribution is -0.274. The summed E-state index contributed by atoms with van der Waals surface area (Å²) in [5, 5.41) is 0.482. The highest BCUT2D eigenvalue weighted by atomic mass is 35.5. The average molecular weight is 493 g/mol. The van der Waals surface area contributed by atoms with Gasteiger partial charge in [-0.1, -0.05) is 35.9 Å². The van der Waals surface area contributed by atoms with Gasteiger partial charge >= 0.3 is 12.1 Å². The molecule has 8 nitrogen and oxygen atoms in total. The van der Waals surface area contributed by atoms with Gasteiger partial charge in [-0.05, 0) is 29.8 Å². The highest BCUT2D eigenvalue weighted by Crippen LogP contribution is 2.25. The molecule has 176 valence electrons. The minimum absolute atomic E-state index is 0.00871. The first-order valence-corrected chi connectivity index (χ1v) is 10.2. The van der Waals surface area contributed by atoms with Crippen molar-refractivity contribution in [1.29, 1.82) is 0 Å². The molecule has 0 spiro atoms. The van der Waals surface area contributed by atoms with Crippen molar-refractivity contribution < 1.29 is 22.7 Å². The van der Waals surface area contributed by atoms with E-state index in [9.17, 15) is 27.6 Å². The lowest BCUT2D eigenvalue weighted by Crippen LogP contribution is -2.37. The highest BCUT2D eigenvalue weighted by molar-refractivity contribution is 6.30. The molecule has 0 aliphatic rings. The van der Waals surface area contributed by atoms with Crippen molar-refractivity contribution in [1.82, 2.24) is 18.7 Å². The predicted octanol–water partition coefficient (Wildman–Crippen LogP) is 3.27. The van der Waals surface area contributed by atoms with Crippen LogP contribution < -0.4 is 16.0 Å². The van der Waals surface area contributed by atoms with Crippen LogP contribution in [0.3, 0.4) is 0 Å². The van der Waals surface area contributed by atoms with Gasteiger partial charge in [0.15, 0.2) is 17.0 Å². The molecule has 0 bridgehead atoms. The molecule has 0 saturated heterocycles. The topological polar surface area (TPSA) is 88.1 Å². The summed E-state index contributed by atoms with van der Waals surface area (Å²) < 4.78 is 45.1. The van der Waals surface area contributed by atoms with Gasteiger partial charge in [0.2, 0.25) is 5.78 Å². The molecule has 0 aliphatic carbocycles. The van der Waals surface area contributed by atoms with Crippen molar-refractivity contribution in [3.8, 4) is 5.75 Å². The van der Waals surface area contributed by atoms with Gasteiger partial charge in [-0.15, -0.1) is 13.2 Å². The third kappa shape index (κ3) is 4.34. The highest BCUT2D eigenvalue weighted by Gasteiger charge is 2.31. The molecule has 0 N–H and O–H groups in total. The summed E-state index contributed by atoms with van der Waals surface area (Å²) in [4.78, 5) is 42.9. The number of aromatic nitrogens is 4. The van der Waals surface area contributed by atoms with Crippen LogP contribution in [-0.2, 0) is 20.6 Å². The Morgan fingerprint density at radius 1 is 1.06 bits per heavy atom. The fraction of sp³-hybridized carbons (Fsp3) is 0.182. The summed E-state index contributed by atoms with van der Waals surface area (Å²) in [6.07, 6.45) is -4.94. The molecular weight excluding hydrogens is 477 g/mol. The van der Waals surface area contributed by atoms with Gasteiger partial charge in [0.05, 0.1) is 6.54 Å². The molecule has 4 aromatic rings. The summed E-state index contributed by atoms with van der Waals surface area (Å²) in [5.41, 5.74) is -0.835. The molecule has 0 aliphatic heterocycles. The summed E-state index contributed by atoms with van der Waals surface area (Å²) >= 11 is 5.94. The van der Waals surface area contributed by atoms with E-state index in [0.717, 1.165) is 21.3 Å². The van der Waals surface area contributed by atoms with E-state index in [-0.39, 0.29) is 29.1 Å². The maximum Gasteiger partial charge on any atom is 0.573 e. The van der Waals surface area contributed by atoms with Gasteiger partial charge in [-0.2, -0.15) is 0 Å². The summed E-state index contributed by atoms with van der Waals surface area (Å²) in [5.74, 6) is -1.57. The van der Waals surface area contributed by atoms with Crippen molar-refractivity contribution in [3.05, 3.63) is 91.3 Å². The minimum atomic E-state index is -4.94. The Labute approximate surface area is 194 Å². The average Bonchev–Trinajstić information content (AvgIpc) is 3.15. The van der Waals surface area contributed by atoms with Gasteiger partial charge in [0.25, 0.3) is 5.56 Å². The zero-order chi connectivity index (χ0) is 24.8. The van der Waals surface area contributed by atoms with E-state index in [4.69, 9.17) is 11.6 Å². The van der Waals surface area contributed by atoms with Crippen molar-refractivity contribution >= 4 is 28.5 Å². The third-order valence-electron chi connectivity index (χ3n) is 5.13. The Bertz CT molecular complexity index is 1540. The molecule has 0 fully saturated rings. The first-order valence-electron chi connectivity index (χ1n) is 9.77. The molecule has 4 rings (SSSR count). The van der Waals surface area contributed by atoms with Crippen LogP contribution in [-0.4, -0.2) is 30.8 Å². The van der Waals surface area contributed by atoms with Crippen LogP contribution in [0, 0.1) is 0 Å². The Kier molecular flexibility index (Phi) is 5.82. The van der Waals surface area contributed by atoms with Crippen LogP contribution in [0.15, 0.2) is 58.1 Å². The molecule has 0 unspecified atom stereocenters. The Morgan fingerprint density at radius 3 is 2.38 bits per heavy atom. The number of hydrogen-bond acceptors (Lipinski definition) is 5. The number of carbonyl (C=O) groups is 1. The largest absolute Gasteiger partial charge is 0.573 e. The standard InChI is InChI=1S/C22H16ClF3N4O4/c1-28-18-16(20(32)29(2)21(28)33)30(11-12-6-8-14(23)9-7-12)19(27-18)17(31)13-4-3-5-15(10-13)34-22(24,25)26/h3-10H,11H2,1-2H3. The Morgan fingerprint density at radius 2 is 1.74 bits per heavy atom. The zero-order valence-electron chi connectivity index (χ0n) is 17.8. The molecule has 2 aromatic carbocycles. The molecule has 2 aromatic heterocycles. The van der Waals surface area contributed by atoms with Gasteiger partial charge < -0.3 is 9.30 Å². The van der Waals surface area contributed by atoms with E-state index in [0.29, 0.717) is 10.6 Å². The number of carbonyl (C=O) groups excluding carboxylic acids is 1. The minimum Gasteiger partial charge on any atom is -0.406 e. The van der Waals surface area contributed by atoms with E-state index < -0.39 is 29.1 Å². The molecule has 0 atom stereocenters. The van der Waals surface area contributed by atoms with E-state index in [1.165, 1.54) is 30.8 Å². The lowest BCUT2D eigenvalue weighted by Gasteiger charge is -2.11. The van der Waals surface area contributed by atoms with Crippen LogP contribution in [0.25, 0.3) is 11.2 Å². The molecule has 12 heteroatoms. The van der Waals surface area contributed by atoms with Crippen LogP contribution in [0.5, 0.6) is 5.75 Å². The second-order valence-corrected chi connectivity index (χ2v) is 7.87. The third-order valence-corrected chi connectivity index (χ3v) is 5.39. The normalized spacial score (nSPS) is 11.7. The zero-order valence-corrected chi connectivity index (χ0v) is 18.5. The fourth-order valence-electron chi connectivity index (χ4n) is 3.51. The van der Waals surface area contributed by atoms with Gasteiger partial charge in [-0.3, -0.25) is 18.7 Å². The molecule has 34 heavy (non-hydrogen) atoms. The lowest BCUT2D eigenvalue weighted by atomic mass is 10.1. The first-order chi connectivity index (χ1) is 16.0. The Hall–Kier alpha value is -3.86. The van der Waals surface area contributed by atoms with Crippen LogP contribution in [0.1, 0.15) is 21.7 Å². The molecule has 0 radical (unpaired) electrons. The van der Waals surface area contributed by atoms with Crippen molar-refractivity contribution in [2.75, 3.05) is 0 Å². The van der Waals surface area contributed by atoms with Gasteiger partial charge in [0.1, 0.15) is 5.75 Å². The quantitative estimate of drug-likeness (QED) is 0.399. The summed E-state index contributed by atoms with van der Waals surface area (Å²) in [6.45, 7) is 0.0148. The number of aryl methyl sites for hydroxylation is 1.